The normalized spacial score (nSPS) is 11.7. The highest BCUT2D eigenvalue weighted by atomic mass is 35.5. The van der Waals surface area contributed by atoms with Crippen molar-refractivity contribution in [2.24, 2.45) is 0 Å². The summed E-state index contributed by atoms with van der Waals surface area (Å²) in [4.78, 5) is 12.1. The van der Waals surface area contributed by atoms with Crippen molar-refractivity contribution in [3.63, 3.8) is 0 Å². The molecule has 0 aliphatic rings. The molecule has 0 saturated heterocycles. The molecule has 7 heteroatoms. The molecule has 24 heavy (non-hydrogen) atoms. The highest BCUT2D eigenvalue weighted by Crippen LogP contribution is 2.33. The van der Waals surface area contributed by atoms with E-state index in [4.69, 9.17) is 16.9 Å². The number of nitriles is 1. The summed E-state index contributed by atoms with van der Waals surface area (Å²) in [6.07, 6.45) is -3.24. The molecule has 2 aromatic rings. The molecule has 0 saturated carbocycles. The second kappa shape index (κ2) is 7.20. The lowest BCUT2D eigenvalue weighted by Crippen LogP contribution is -2.15. The molecule has 0 radical (unpaired) electrons. The molecule has 0 spiro atoms. The van der Waals surface area contributed by atoms with Crippen molar-refractivity contribution in [3.05, 3.63) is 70.3 Å². The van der Waals surface area contributed by atoms with Crippen LogP contribution >= 0.6 is 11.6 Å². The van der Waals surface area contributed by atoms with Gasteiger partial charge in [0, 0.05) is 0 Å². The van der Waals surface area contributed by atoms with E-state index >= 15 is 0 Å². The Bertz CT molecular complexity index is 824. The summed E-state index contributed by atoms with van der Waals surface area (Å²) >= 11 is 5.81. The molecular formula is C17H10ClF3N2O. The number of carbonyl (C=O) groups excluding carboxylic acids is 1. The third kappa shape index (κ3) is 4.37. The van der Waals surface area contributed by atoms with Crippen LogP contribution < -0.4 is 5.32 Å². The van der Waals surface area contributed by atoms with Gasteiger partial charge in [0.2, 0.25) is 0 Å². The van der Waals surface area contributed by atoms with Gasteiger partial charge in [-0.05, 0) is 29.8 Å². The molecule has 3 nitrogen and oxygen atoms in total. The van der Waals surface area contributed by atoms with Crippen molar-refractivity contribution in [1.29, 1.82) is 5.26 Å². The first kappa shape index (κ1) is 17.6. The second-order valence-corrected chi connectivity index (χ2v) is 5.13. The number of nitrogens with one attached hydrogen (secondary N) is 1. The Hall–Kier alpha value is -2.78. The number of anilines is 1. The average Bonchev–Trinajstić information content (AvgIpc) is 2.54. The van der Waals surface area contributed by atoms with Gasteiger partial charge in [-0.25, -0.2) is 0 Å². The number of hydrogen-bond acceptors (Lipinski definition) is 2. The van der Waals surface area contributed by atoms with Crippen LogP contribution in [0.3, 0.4) is 0 Å². The van der Waals surface area contributed by atoms with Crippen LogP contribution in [0.25, 0.3) is 6.08 Å². The van der Waals surface area contributed by atoms with Crippen LogP contribution in [0.4, 0.5) is 18.9 Å². The molecule has 0 aliphatic carbocycles. The van der Waals surface area contributed by atoms with Crippen LogP contribution in [0.5, 0.6) is 0 Å². The van der Waals surface area contributed by atoms with Crippen LogP contribution in [0.15, 0.2) is 54.1 Å². The topological polar surface area (TPSA) is 52.9 Å². The van der Waals surface area contributed by atoms with Gasteiger partial charge in [0.05, 0.1) is 16.3 Å². The maximum absolute atomic E-state index is 12.7. The Morgan fingerprint density at radius 3 is 2.42 bits per heavy atom. The number of nitrogens with zero attached hydrogens (tertiary/aromatic N) is 1. The minimum atomic E-state index is -4.57. The summed E-state index contributed by atoms with van der Waals surface area (Å²) in [6, 6.07) is 12.9. The second-order valence-electron chi connectivity index (χ2n) is 4.73. The predicted molar refractivity (Wildman–Crippen MR) is 85.1 cm³/mol. The van der Waals surface area contributed by atoms with Gasteiger partial charge in [-0.15, -0.1) is 0 Å². The highest BCUT2D eigenvalue weighted by molar-refractivity contribution is 6.34. The van der Waals surface area contributed by atoms with Crippen LogP contribution in [-0.4, -0.2) is 5.91 Å². The SMILES string of the molecule is N#C/C(=C\c1ccccc1)C(=O)Nc1cc(C(F)(F)F)ccc1Cl. The number of carbonyl (C=O) groups is 1. The van der Waals surface area contributed by atoms with E-state index in [0.717, 1.165) is 18.2 Å². The Labute approximate surface area is 141 Å². The summed E-state index contributed by atoms with van der Waals surface area (Å²) in [7, 11) is 0. The van der Waals surface area contributed by atoms with Crippen LogP contribution in [0, 0.1) is 11.3 Å². The van der Waals surface area contributed by atoms with E-state index in [1.165, 1.54) is 6.08 Å². The third-order valence-electron chi connectivity index (χ3n) is 3.02. The lowest BCUT2D eigenvalue weighted by Gasteiger charge is -2.11. The molecule has 0 unspecified atom stereocenters. The smallest absolute Gasteiger partial charge is 0.320 e. The van der Waals surface area contributed by atoms with Gasteiger partial charge in [0.15, 0.2) is 0 Å². The third-order valence-corrected chi connectivity index (χ3v) is 3.35. The van der Waals surface area contributed by atoms with Gasteiger partial charge in [-0.3, -0.25) is 4.79 Å². The molecule has 2 aromatic carbocycles. The summed E-state index contributed by atoms with van der Waals surface area (Å²) < 4.78 is 38.2. The summed E-state index contributed by atoms with van der Waals surface area (Å²) in [5, 5.41) is 11.3. The number of alkyl halides is 3. The zero-order valence-electron chi connectivity index (χ0n) is 12.1. The fraction of sp³-hybridized carbons (Fsp3) is 0.0588. The lowest BCUT2D eigenvalue weighted by molar-refractivity contribution is -0.137. The average molecular weight is 351 g/mol. The van der Waals surface area contributed by atoms with Gasteiger partial charge in [-0.2, -0.15) is 18.4 Å². The highest BCUT2D eigenvalue weighted by Gasteiger charge is 2.31. The largest absolute Gasteiger partial charge is 0.416 e. The Balaban J connectivity index is 2.29. The van der Waals surface area contributed by atoms with Crippen molar-refractivity contribution in [3.8, 4) is 6.07 Å². The summed E-state index contributed by atoms with van der Waals surface area (Å²) in [5.74, 6) is -0.845. The van der Waals surface area contributed by atoms with Gasteiger partial charge < -0.3 is 5.32 Å². The van der Waals surface area contributed by atoms with Crippen LogP contribution in [0.2, 0.25) is 5.02 Å². The molecule has 0 fully saturated rings. The standard InChI is InChI=1S/C17H10ClF3N2O/c18-14-7-6-13(17(19,20)21)9-15(14)23-16(24)12(10-22)8-11-4-2-1-3-5-11/h1-9H,(H,23,24)/b12-8+. The molecule has 1 N–H and O–H groups in total. The van der Waals surface area contributed by atoms with Crippen LogP contribution in [-0.2, 0) is 11.0 Å². The van der Waals surface area contributed by atoms with Crippen molar-refractivity contribution in [1.82, 2.24) is 0 Å². The minimum Gasteiger partial charge on any atom is -0.320 e. The molecule has 0 atom stereocenters. The first-order chi connectivity index (χ1) is 11.3. The molecular weight excluding hydrogens is 341 g/mol. The summed E-state index contributed by atoms with van der Waals surface area (Å²) in [6.45, 7) is 0. The number of rotatable bonds is 3. The Morgan fingerprint density at radius 1 is 1.17 bits per heavy atom. The minimum absolute atomic E-state index is 0.0617. The lowest BCUT2D eigenvalue weighted by atomic mass is 10.1. The predicted octanol–water partition coefficient (Wildman–Crippen LogP) is 4.90. The van der Waals surface area contributed by atoms with Gasteiger partial charge in [0.25, 0.3) is 5.91 Å². The van der Waals surface area contributed by atoms with E-state index in [1.54, 1.807) is 36.4 Å². The number of halogens is 4. The van der Waals surface area contributed by atoms with E-state index in [0.29, 0.717) is 5.56 Å². The van der Waals surface area contributed by atoms with Gasteiger partial charge in [-0.1, -0.05) is 41.9 Å². The fourth-order valence-corrected chi connectivity index (χ4v) is 2.02. The van der Waals surface area contributed by atoms with E-state index in [2.05, 4.69) is 5.32 Å². The first-order valence-corrected chi connectivity index (χ1v) is 7.04. The van der Waals surface area contributed by atoms with E-state index in [1.807, 2.05) is 0 Å². The maximum Gasteiger partial charge on any atom is 0.416 e. The Kier molecular flexibility index (Phi) is 5.27. The van der Waals surface area contributed by atoms with Gasteiger partial charge in [0.1, 0.15) is 11.6 Å². The maximum atomic E-state index is 12.7. The fourth-order valence-electron chi connectivity index (χ4n) is 1.85. The number of hydrogen-bond donors (Lipinski definition) is 1. The van der Waals surface area contributed by atoms with Crippen molar-refractivity contribution in [2.75, 3.05) is 5.32 Å². The molecule has 0 aliphatic heterocycles. The molecule has 0 aromatic heterocycles. The number of amides is 1. The molecule has 1 amide bonds. The van der Waals surface area contributed by atoms with Crippen LogP contribution in [0.1, 0.15) is 11.1 Å². The molecule has 0 bridgehead atoms. The zero-order chi connectivity index (χ0) is 17.7. The van der Waals surface area contributed by atoms with Crippen molar-refractivity contribution < 1.29 is 18.0 Å². The van der Waals surface area contributed by atoms with E-state index < -0.39 is 17.6 Å². The molecule has 2 rings (SSSR count). The summed E-state index contributed by atoms with van der Waals surface area (Å²) in [5.41, 5.74) is -0.813. The van der Waals surface area contributed by atoms with E-state index in [9.17, 15) is 18.0 Å². The Morgan fingerprint density at radius 2 is 1.83 bits per heavy atom. The molecule has 122 valence electrons. The van der Waals surface area contributed by atoms with Crippen molar-refractivity contribution in [2.45, 2.75) is 6.18 Å². The van der Waals surface area contributed by atoms with Gasteiger partial charge >= 0.3 is 6.18 Å². The quantitative estimate of drug-likeness (QED) is 0.632. The molecule has 0 heterocycles. The van der Waals surface area contributed by atoms with E-state index in [-0.39, 0.29) is 16.3 Å². The number of benzene rings is 2. The monoisotopic (exact) mass is 350 g/mol. The van der Waals surface area contributed by atoms with Crippen molar-refractivity contribution >= 4 is 29.3 Å². The zero-order valence-corrected chi connectivity index (χ0v) is 12.8. The first-order valence-electron chi connectivity index (χ1n) is 6.66.